The molecule has 2 heterocycles. The minimum absolute atomic E-state index is 0.571. The van der Waals surface area contributed by atoms with Crippen LogP contribution < -0.4 is 10.2 Å². The summed E-state index contributed by atoms with van der Waals surface area (Å²) in [7, 11) is 0. The van der Waals surface area contributed by atoms with Crippen molar-refractivity contribution in [1.82, 2.24) is 0 Å². The highest BCUT2D eigenvalue weighted by atomic mass is 15.2. The van der Waals surface area contributed by atoms with Gasteiger partial charge in [0.1, 0.15) is 0 Å². The summed E-state index contributed by atoms with van der Waals surface area (Å²) in [6.07, 6.45) is 3.65. The summed E-state index contributed by atoms with van der Waals surface area (Å²) in [5.41, 5.74) is 7.13. The zero-order valence-corrected chi connectivity index (χ0v) is 12.6. The molecule has 0 radical (unpaired) electrons. The van der Waals surface area contributed by atoms with Crippen molar-refractivity contribution < 1.29 is 0 Å². The predicted octanol–water partition coefficient (Wildman–Crippen LogP) is 3.78. The molecule has 2 heteroatoms. The van der Waals surface area contributed by atoms with Gasteiger partial charge in [0, 0.05) is 24.5 Å². The van der Waals surface area contributed by atoms with Crippen LogP contribution in [0.4, 0.5) is 11.4 Å². The molecule has 108 valence electrons. The number of nitrogens with one attached hydrogen (secondary N) is 1. The number of fused-ring (bicyclic) bond motifs is 2. The molecule has 0 fully saturated rings. The molecule has 2 aromatic rings. The Kier molecular flexibility index (Phi) is 3.10. The van der Waals surface area contributed by atoms with Crippen LogP contribution in [0.2, 0.25) is 0 Å². The number of hydrogen-bond donors (Lipinski definition) is 1. The number of anilines is 2. The smallest absolute Gasteiger partial charge is 0.0503 e. The molecule has 2 nitrogen and oxygen atoms in total. The van der Waals surface area contributed by atoms with Crippen LogP contribution in [-0.2, 0) is 12.8 Å². The Morgan fingerprint density at radius 2 is 2.00 bits per heavy atom. The maximum Gasteiger partial charge on any atom is 0.0503 e. The molecule has 1 N–H and O–H groups in total. The third kappa shape index (κ3) is 2.29. The number of nitrogens with zero attached hydrogens (tertiary/aromatic N) is 1. The minimum Gasteiger partial charge on any atom is -0.383 e. The van der Waals surface area contributed by atoms with E-state index in [1.165, 1.54) is 47.5 Å². The molecule has 0 saturated carbocycles. The minimum atomic E-state index is 0.571. The summed E-state index contributed by atoms with van der Waals surface area (Å²) in [4.78, 5) is 2.63. The highest BCUT2D eigenvalue weighted by Crippen LogP contribution is 2.32. The molecular formula is C19H22N2. The Balaban J connectivity index is 1.64. The number of benzene rings is 2. The third-order valence-corrected chi connectivity index (χ3v) is 4.83. The Labute approximate surface area is 126 Å². The van der Waals surface area contributed by atoms with E-state index >= 15 is 0 Å². The molecule has 21 heavy (non-hydrogen) atoms. The standard InChI is InChI=1S/C19H22N2/c1-14-8-9-19-16(11-14)6-4-10-21(19)17-12-15-5-2-3-7-18(15)20-13-17/h2-3,5,7-9,11,17,20H,4,6,10,12-13H2,1H3. The number of rotatable bonds is 1. The average molecular weight is 278 g/mol. The van der Waals surface area contributed by atoms with Crippen LogP contribution in [0, 0.1) is 6.92 Å². The van der Waals surface area contributed by atoms with E-state index in [-0.39, 0.29) is 0 Å². The summed E-state index contributed by atoms with van der Waals surface area (Å²) < 4.78 is 0. The summed E-state index contributed by atoms with van der Waals surface area (Å²) in [6.45, 7) is 4.42. The van der Waals surface area contributed by atoms with E-state index < -0.39 is 0 Å². The van der Waals surface area contributed by atoms with Crippen molar-refractivity contribution >= 4 is 11.4 Å². The van der Waals surface area contributed by atoms with Gasteiger partial charge in [0.15, 0.2) is 0 Å². The van der Waals surface area contributed by atoms with E-state index in [0.29, 0.717) is 6.04 Å². The normalized spacial score (nSPS) is 20.4. The first-order chi connectivity index (χ1) is 10.3. The first-order valence-corrected chi connectivity index (χ1v) is 7.99. The van der Waals surface area contributed by atoms with Crippen LogP contribution >= 0.6 is 0 Å². The van der Waals surface area contributed by atoms with Gasteiger partial charge >= 0.3 is 0 Å². The highest BCUT2D eigenvalue weighted by molar-refractivity contribution is 5.60. The lowest BCUT2D eigenvalue weighted by atomic mass is 9.93. The fourth-order valence-electron chi connectivity index (χ4n) is 3.78. The maximum absolute atomic E-state index is 3.61. The van der Waals surface area contributed by atoms with Crippen LogP contribution in [0.5, 0.6) is 0 Å². The second-order valence-corrected chi connectivity index (χ2v) is 6.33. The fourth-order valence-corrected chi connectivity index (χ4v) is 3.78. The molecule has 1 atom stereocenters. The first kappa shape index (κ1) is 12.8. The lowest BCUT2D eigenvalue weighted by Crippen LogP contribution is -2.46. The van der Waals surface area contributed by atoms with Gasteiger partial charge in [-0.3, -0.25) is 0 Å². The number of para-hydroxylation sites is 1. The van der Waals surface area contributed by atoms with E-state index in [9.17, 15) is 0 Å². The maximum atomic E-state index is 3.61. The summed E-state index contributed by atoms with van der Waals surface area (Å²) in [5, 5.41) is 3.61. The summed E-state index contributed by atoms with van der Waals surface area (Å²) in [6, 6.07) is 16.2. The largest absolute Gasteiger partial charge is 0.383 e. The molecule has 2 aliphatic heterocycles. The summed E-state index contributed by atoms with van der Waals surface area (Å²) in [5.74, 6) is 0. The predicted molar refractivity (Wildman–Crippen MR) is 89.3 cm³/mol. The molecule has 0 bridgehead atoms. The third-order valence-electron chi connectivity index (χ3n) is 4.83. The van der Waals surface area contributed by atoms with Gasteiger partial charge in [-0.1, -0.05) is 35.9 Å². The van der Waals surface area contributed by atoms with Crippen LogP contribution in [0.25, 0.3) is 0 Å². The molecule has 1 unspecified atom stereocenters. The van der Waals surface area contributed by atoms with Crippen LogP contribution in [0.15, 0.2) is 42.5 Å². The molecule has 0 aromatic heterocycles. The van der Waals surface area contributed by atoms with Gasteiger partial charge in [0.25, 0.3) is 0 Å². The van der Waals surface area contributed by atoms with Gasteiger partial charge in [-0.25, -0.2) is 0 Å². The van der Waals surface area contributed by atoms with Gasteiger partial charge < -0.3 is 10.2 Å². The van der Waals surface area contributed by atoms with E-state index in [1.54, 1.807) is 0 Å². The topological polar surface area (TPSA) is 15.3 Å². The van der Waals surface area contributed by atoms with E-state index in [2.05, 4.69) is 59.6 Å². The van der Waals surface area contributed by atoms with Gasteiger partial charge in [0.05, 0.1) is 6.04 Å². The lowest BCUT2D eigenvalue weighted by Gasteiger charge is -2.40. The quantitative estimate of drug-likeness (QED) is 0.854. The van der Waals surface area contributed by atoms with Crippen molar-refractivity contribution in [3.05, 3.63) is 59.2 Å². The van der Waals surface area contributed by atoms with Gasteiger partial charge in [-0.2, -0.15) is 0 Å². The Hall–Kier alpha value is -1.96. The Morgan fingerprint density at radius 3 is 2.95 bits per heavy atom. The van der Waals surface area contributed by atoms with Crippen molar-refractivity contribution in [1.29, 1.82) is 0 Å². The van der Waals surface area contributed by atoms with Crippen molar-refractivity contribution in [3.63, 3.8) is 0 Å². The van der Waals surface area contributed by atoms with Crippen LogP contribution in [0.1, 0.15) is 23.1 Å². The second-order valence-electron chi connectivity index (χ2n) is 6.33. The van der Waals surface area contributed by atoms with Crippen molar-refractivity contribution in [2.45, 2.75) is 32.2 Å². The second kappa shape index (κ2) is 5.10. The van der Waals surface area contributed by atoms with Gasteiger partial charge in [0.2, 0.25) is 0 Å². The zero-order valence-electron chi connectivity index (χ0n) is 12.6. The molecule has 0 aliphatic carbocycles. The summed E-state index contributed by atoms with van der Waals surface area (Å²) >= 11 is 0. The number of hydrogen-bond acceptors (Lipinski definition) is 2. The Morgan fingerprint density at radius 1 is 1.10 bits per heavy atom. The van der Waals surface area contributed by atoms with Gasteiger partial charge in [-0.05, 0) is 49.4 Å². The molecule has 0 saturated heterocycles. The zero-order chi connectivity index (χ0) is 14.2. The monoisotopic (exact) mass is 278 g/mol. The van der Waals surface area contributed by atoms with Crippen LogP contribution in [0.3, 0.4) is 0 Å². The first-order valence-electron chi connectivity index (χ1n) is 7.99. The fraction of sp³-hybridized carbons (Fsp3) is 0.368. The molecule has 0 spiro atoms. The SMILES string of the molecule is Cc1ccc2c(c1)CCCN2C1CNc2ccccc2C1. The van der Waals surface area contributed by atoms with Gasteiger partial charge in [-0.15, -0.1) is 0 Å². The van der Waals surface area contributed by atoms with Crippen molar-refractivity contribution in [3.8, 4) is 0 Å². The number of aryl methyl sites for hydroxylation is 2. The lowest BCUT2D eigenvalue weighted by molar-refractivity contribution is 0.563. The van der Waals surface area contributed by atoms with Crippen molar-refractivity contribution in [2.24, 2.45) is 0 Å². The van der Waals surface area contributed by atoms with Crippen LogP contribution in [-0.4, -0.2) is 19.1 Å². The molecule has 4 rings (SSSR count). The molecule has 2 aromatic carbocycles. The van der Waals surface area contributed by atoms with E-state index in [1.807, 2.05) is 0 Å². The van der Waals surface area contributed by atoms with E-state index in [4.69, 9.17) is 0 Å². The Bertz CT molecular complexity index is 662. The molecular weight excluding hydrogens is 256 g/mol. The van der Waals surface area contributed by atoms with E-state index in [0.717, 1.165) is 13.0 Å². The van der Waals surface area contributed by atoms with Crippen molar-refractivity contribution in [2.75, 3.05) is 23.3 Å². The molecule has 2 aliphatic rings. The average Bonchev–Trinajstić information content (AvgIpc) is 2.53. The highest BCUT2D eigenvalue weighted by Gasteiger charge is 2.27. The molecule has 0 amide bonds.